The lowest BCUT2D eigenvalue weighted by Crippen LogP contribution is -2.37. The smallest absolute Gasteiger partial charge is 0.319 e. The lowest BCUT2D eigenvalue weighted by atomic mass is 10.2. The van der Waals surface area contributed by atoms with Crippen molar-refractivity contribution in [3.05, 3.63) is 48.4 Å². The monoisotopic (exact) mass is 344 g/mol. The molecule has 0 aliphatic heterocycles. The van der Waals surface area contributed by atoms with Crippen molar-refractivity contribution >= 4 is 23.3 Å². The molecule has 3 amide bonds. The van der Waals surface area contributed by atoms with E-state index in [2.05, 4.69) is 20.9 Å². The fourth-order valence-electron chi connectivity index (χ4n) is 2.15. The lowest BCUT2D eigenvalue weighted by Gasteiger charge is -2.17. The fraction of sp³-hybridized carbons (Fsp3) is 0.333. The van der Waals surface area contributed by atoms with E-state index in [1.165, 1.54) is 6.26 Å². The zero-order chi connectivity index (χ0) is 18.2. The third-order valence-corrected chi connectivity index (χ3v) is 3.53. The van der Waals surface area contributed by atoms with Crippen molar-refractivity contribution in [3.8, 4) is 0 Å². The van der Waals surface area contributed by atoms with Crippen molar-refractivity contribution in [1.29, 1.82) is 0 Å². The highest BCUT2D eigenvalue weighted by atomic mass is 16.3. The van der Waals surface area contributed by atoms with Gasteiger partial charge in [0.25, 0.3) is 5.91 Å². The first-order chi connectivity index (χ1) is 11.9. The summed E-state index contributed by atoms with van der Waals surface area (Å²) in [5.74, 6) is -0.0774. The van der Waals surface area contributed by atoms with Gasteiger partial charge in [-0.25, -0.2) is 4.79 Å². The van der Waals surface area contributed by atoms with Gasteiger partial charge in [0.05, 0.1) is 6.26 Å². The lowest BCUT2D eigenvalue weighted by molar-refractivity contribution is 0.0996. The Balaban J connectivity index is 1.81. The molecule has 1 aromatic carbocycles. The van der Waals surface area contributed by atoms with Crippen molar-refractivity contribution < 1.29 is 14.0 Å². The number of hydrogen-bond donors (Lipinski definition) is 3. The van der Waals surface area contributed by atoms with Crippen molar-refractivity contribution in [2.75, 3.05) is 31.3 Å². The summed E-state index contributed by atoms with van der Waals surface area (Å²) < 4.78 is 5.04. The van der Waals surface area contributed by atoms with E-state index in [9.17, 15) is 9.59 Å². The van der Waals surface area contributed by atoms with Gasteiger partial charge in [0.1, 0.15) is 0 Å². The van der Waals surface area contributed by atoms with Crippen LogP contribution in [0.2, 0.25) is 0 Å². The van der Waals surface area contributed by atoms with Crippen LogP contribution >= 0.6 is 0 Å². The van der Waals surface area contributed by atoms with Crippen LogP contribution in [-0.2, 0) is 0 Å². The first-order valence-electron chi connectivity index (χ1n) is 8.11. The predicted molar refractivity (Wildman–Crippen MR) is 97.9 cm³/mol. The number of hydrogen-bond acceptors (Lipinski definition) is 4. The summed E-state index contributed by atoms with van der Waals surface area (Å²) in [5.41, 5.74) is 1.26. The van der Waals surface area contributed by atoms with Crippen LogP contribution in [0.5, 0.6) is 0 Å². The summed E-state index contributed by atoms with van der Waals surface area (Å²) in [6, 6.07) is 9.95. The Morgan fingerprint density at radius 1 is 1.08 bits per heavy atom. The highest BCUT2D eigenvalue weighted by Crippen LogP contribution is 2.15. The van der Waals surface area contributed by atoms with Gasteiger partial charge in [0.2, 0.25) is 0 Å². The van der Waals surface area contributed by atoms with Crippen LogP contribution < -0.4 is 16.0 Å². The molecular formula is C18H24N4O3. The maximum Gasteiger partial charge on any atom is 0.319 e. The normalized spacial score (nSPS) is 11.8. The first kappa shape index (κ1) is 18.5. The summed E-state index contributed by atoms with van der Waals surface area (Å²) in [6.07, 6.45) is 2.32. The highest BCUT2D eigenvalue weighted by molar-refractivity contribution is 6.02. The minimum Gasteiger partial charge on any atom is -0.459 e. The highest BCUT2D eigenvalue weighted by Gasteiger charge is 2.10. The van der Waals surface area contributed by atoms with Crippen LogP contribution in [0.3, 0.4) is 0 Å². The van der Waals surface area contributed by atoms with Crippen molar-refractivity contribution in [2.45, 2.75) is 19.4 Å². The molecule has 1 heterocycles. The quantitative estimate of drug-likeness (QED) is 0.721. The van der Waals surface area contributed by atoms with Crippen molar-refractivity contribution in [1.82, 2.24) is 10.2 Å². The number of carbonyl (C=O) groups excluding carboxylic acids is 2. The van der Waals surface area contributed by atoms with Gasteiger partial charge in [-0.3, -0.25) is 4.79 Å². The number of nitrogens with one attached hydrogen (secondary N) is 3. The van der Waals surface area contributed by atoms with Gasteiger partial charge in [0, 0.05) is 17.4 Å². The number of carbonyl (C=O) groups is 2. The second-order valence-corrected chi connectivity index (χ2v) is 6.10. The number of furan rings is 1. The van der Waals surface area contributed by atoms with E-state index in [0.717, 1.165) is 13.0 Å². The molecule has 134 valence electrons. The van der Waals surface area contributed by atoms with E-state index in [1.54, 1.807) is 36.4 Å². The number of urea groups is 1. The number of benzene rings is 1. The Hall–Kier alpha value is -2.80. The molecule has 0 bridgehead atoms. The molecule has 0 fully saturated rings. The Bertz CT molecular complexity index is 681. The number of anilines is 2. The van der Waals surface area contributed by atoms with Gasteiger partial charge in [-0.15, -0.1) is 0 Å². The first-order valence-corrected chi connectivity index (χ1v) is 8.11. The Labute approximate surface area is 147 Å². The SMILES string of the molecule is C[C@H](CCN(C)C)NC(=O)Nc1ccc(NC(=O)c2ccco2)cc1. The average Bonchev–Trinajstić information content (AvgIpc) is 3.09. The second kappa shape index (κ2) is 8.89. The molecule has 0 spiro atoms. The standard InChI is InChI=1S/C18H24N4O3/c1-13(10-11-22(2)3)19-18(24)21-15-8-6-14(7-9-15)20-17(23)16-5-4-12-25-16/h4-9,12-13H,10-11H2,1-3H3,(H,20,23)(H2,19,21,24)/t13-/m1/s1. The molecule has 7 heteroatoms. The maximum atomic E-state index is 12.0. The maximum absolute atomic E-state index is 12.0. The summed E-state index contributed by atoms with van der Waals surface area (Å²) in [4.78, 5) is 25.9. The van der Waals surface area contributed by atoms with Gasteiger partial charge in [-0.2, -0.15) is 0 Å². The summed E-state index contributed by atoms with van der Waals surface area (Å²) in [5, 5.41) is 8.38. The zero-order valence-electron chi connectivity index (χ0n) is 14.7. The van der Waals surface area contributed by atoms with Gasteiger partial charge < -0.3 is 25.3 Å². The molecule has 3 N–H and O–H groups in total. The largest absolute Gasteiger partial charge is 0.459 e. The van der Waals surface area contributed by atoms with Crippen LogP contribution in [0.1, 0.15) is 23.9 Å². The van der Waals surface area contributed by atoms with Crippen LogP contribution in [0, 0.1) is 0 Å². The van der Waals surface area contributed by atoms with E-state index < -0.39 is 0 Å². The molecule has 1 atom stereocenters. The molecule has 2 rings (SSSR count). The molecule has 0 saturated heterocycles. The van der Waals surface area contributed by atoms with E-state index in [-0.39, 0.29) is 23.7 Å². The van der Waals surface area contributed by atoms with Crippen LogP contribution in [0.25, 0.3) is 0 Å². The summed E-state index contributed by atoms with van der Waals surface area (Å²) in [6.45, 7) is 2.88. The fourth-order valence-corrected chi connectivity index (χ4v) is 2.15. The molecule has 7 nitrogen and oxygen atoms in total. The molecule has 2 aromatic rings. The minimum atomic E-state index is -0.321. The molecule has 25 heavy (non-hydrogen) atoms. The molecule has 0 aliphatic rings. The van der Waals surface area contributed by atoms with E-state index >= 15 is 0 Å². The summed E-state index contributed by atoms with van der Waals surface area (Å²) in [7, 11) is 4.00. The molecule has 0 radical (unpaired) electrons. The van der Waals surface area contributed by atoms with E-state index in [1.807, 2.05) is 21.0 Å². The topological polar surface area (TPSA) is 86.6 Å². The molecule has 0 saturated carbocycles. The van der Waals surface area contributed by atoms with Gasteiger partial charge in [-0.05, 0) is 70.4 Å². The molecule has 0 unspecified atom stereocenters. The van der Waals surface area contributed by atoms with Crippen LogP contribution in [-0.4, -0.2) is 43.5 Å². The minimum absolute atomic E-state index is 0.0780. The van der Waals surface area contributed by atoms with Gasteiger partial charge in [-0.1, -0.05) is 0 Å². The summed E-state index contributed by atoms with van der Waals surface area (Å²) >= 11 is 0. The third-order valence-electron chi connectivity index (χ3n) is 3.53. The number of rotatable bonds is 7. The molecular weight excluding hydrogens is 320 g/mol. The van der Waals surface area contributed by atoms with Gasteiger partial charge >= 0.3 is 6.03 Å². The predicted octanol–water partition coefficient (Wildman–Crippen LogP) is 2.99. The molecule has 0 aliphatic carbocycles. The van der Waals surface area contributed by atoms with Crippen molar-refractivity contribution in [3.63, 3.8) is 0 Å². The Morgan fingerprint density at radius 3 is 2.28 bits per heavy atom. The van der Waals surface area contributed by atoms with E-state index in [4.69, 9.17) is 4.42 Å². The van der Waals surface area contributed by atoms with Crippen molar-refractivity contribution in [2.24, 2.45) is 0 Å². The average molecular weight is 344 g/mol. The Kier molecular flexibility index (Phi) is 6.59. The zero-order valence-corrected chi connectivity index (χ0v) is 14.7. The van der Waals surface area contributed by atoms with Crippen LogP contribution in [0.4, 0.5) is 16.2 Å². The van der Waals surface area contributed by atoms with Gasteiger partial charge in [0.15, 0.2) is 5.76 Å². The second-order valence-electron chi connectivity index (χ2n) is 6.10. The number of nitrogens with zero attached hydrogens (tertiary/aromatic N) is 1. The van der Waals surface area contributed by atoms with E-state index in [0.29, 0.717) is 11.4 Å². The number of amides is 3. The van der Waals surface area contributed by atoms with Crippen LogP contribution in [0.15, 0.2) is 47.1 Å². The Morgan fingerprint density at radius 2 is 1.72 bits per heavy atom. The third kappa shape index (κ3) is 6.31. The molecule has 1 aromatic heterocycles.